The first-order valence-electron chi connectivity index (χ1n) is 12.2. The highest BCUT2D eigenvalue weighted by molar-refractivity contribution is 5.97. The van der Waals surface area contributed by atoms with E-state index in [-0.39, 0.29) is 5.56 Å². The van der Waals surface area contributed by atoms with Crippen LogP contribution in [0.25, 0.3) is 0 Å². The number of carbonyl (C=O) groups excluding carboxylic acids is 2. The second kappa shape index (κ2) is 9.40. The van der Waals surface area contributed by atoms with Crippen LogP contribution < -0.4 is 4.74 Å². The lowest BCUT2D eigenvalue weighted by molar-refractivity contribution is -0.159. The van der Waals surface area contributed by atoms with Gasteiger partial charge in [0.1, 0.15) is 23.2 Å². The number of hydrogen-bond donors (Lipinski definition) is 0. The molecule has 1 heterocycles. The minimum absolute atomic E-state index is 0.0346. The number of rotatable bonds is 6. The molecule has 2 aliphatic carbocycles. The van der Waals surface area contributed by atoms with E-state index in [1.165, 1.54) is 43.1 Å². The van der Waals surface area contributed by atoms with Gasteiger partial charge in [-0.1, -0.05) is 19.3 Å². The van der Waals surface area contributed by atoms with Crippen molar-refractivity contribution in [3.63, 3.8) is 0 Å². The molecule has 1 aliphatic heterocycles. The Balaban J connectivity index is 1.52. The summed E-state index contributed by atoms with van der Waals surface area (Å²) in [6.45, 7) is 6.46. The third kappa shape index (κ3) is 5.44. The molecular formula is C26H36FNO4. The van der Waals surface area contributed by atoms with Crippen LogP contribution in [0.1, 0.15) is 100 Å². The average molecular weight is 446 g/mol. The van der Waals surface area contributed by atoms with Crippen molar-refractivity contribution in [1.82, 2.24) is 4.90 Å². The van der Waals surface area contributed by atoms with Crippen molar-refractivity contribution in [2.24, 2.45) is 5.92 Å². The Morgan fingerprint density at radius 1 is 1.03 bits per heavy atom. The van der Waals surface area contributed by atoms with E-state index < -0.39 is 29.3 Å². The average Bonchev–Trinajstić information content (AvgIpc) is 3.46. The number of halogens is 1. The summed E-state index contributed by atoms with van der Waals surface area (Å²) in [5.41, 5.74) is 0.335. The van der Waals surface area contributed by atoms with Crippen molar-refractivity contribution in [2.75, 3.05) is 13.2 Å². The molecule has 176 valence electrons. The summed E-state index contributed by atoms with van der Waals surface area (Å²) < 4.78 is 26.7. The second-order valence-electron chi connectivity index (χ2n) is 10.6. The molecule has 6 heteroatoms. The molecule has 1 amide bonds. The highest BCUT2D eigenvalue weighted by Gasteiger charge is 2.39. The summed E-state index contributed by atoms with van der Waals surface area (Å²) in [6.07, 6.45) is 9.40. The first kappa shape index (κ1) is 23.1. The van der Waals surface area contributed by atoms with Crippen LogP contribution in [0.15, 0.2) is 12.1 Å². The Kier molecular flexibility index (Phi) is 6.78. The van der Waals surface area contributed by atoms with E-state index >= 15 is 4.39 Å². The Morgan fingerprint density at radius 3 is 2.41 bits per heavy atom. The van der Waals surface area contributed by atoms with Gasteiger partial charge >= 0.3 is 5.97 Å². The molecule has 0 bridgehead atoms. The standard InChI is InChI=1S/C26H36FNO4/c1-26(2,3)32-25(30)22-10-7-13-28(22)24(29)20-14-19(18-11-12-18)23(15-21(20)27)31-16-17-8-5-4-6-9-17/h14-15,17-18,22H,4-13,16H2,1-3H3/t22-/m0/s1. The molecule has 5 nitrogen and oxygen atoms in total. The Morgan fingerprint density at radius 2 is 1.75 bits per heavy atom. The summed E-state index contributed by atoms with van der Waals surface area (Å²) in [4.78, 5) is 27.4. The molecule has 1 aromatic rings. The maximum absolute atomic E-state index is 15.1. The molecule has 32 heavy (non-hydrogen) atoms. The van der Waals surface area contributed by atoms with Crippen LogP contribution in [-0.2, 0) is 9.53 Å². The van der Waals surface area contributed by atoms with Gasteiger partial charge in [0.25, 0.3) is 5.91 Å². The number of carbonyl (C=O) groups is 2. The minimum atomic E-state index is -0.660. The fourth-order valence-electron chi connectivity index (χ4n) is 4.91. The number of amides is 1. The van der Waals surface area contributed by atoms with Crippen LogP contribution in [0, 0.1) is 11.7 Å². The van der Waals surface area contributed by atoms with Crippen molar-refractivity contribution in [3.05, 3.63) is 29.1 Å². The van der Waals surface area contributed by atoms with Gasteiger partial charge in [-0.25, -0.2) is 9.18 Å². The summed E-state index contributed by atoms with van der Waals surface area (Å²) in [6, 6.07) is 2.41. The zero-order chi connectivity index (χ0) is 22.9. The van der Waals surface area contributed by atoms with Gasteiger partial charge in [0, 0.05) is 12.6 Å². The van der Waals surface area contributed by atoms with Gasteiger partial charge in [-0.2, -0.15) is 0 Å². The fourth-order valence-corrected chi connectivity index (χ4v) is 4.91. The van der Waals surface area contributed by atoms with Gasteiger partial charge < -0.3 is 14.4 Å². The van der Waals surface area contributed by atoms with E-state index in [0.29, 0.717) is 43.6 Å². The first-order chi connectivity index (χ1) is 15.2. The maximum Gasteiger partial charge on any atom is 0.329 e. The van der Waals surface area contributed by atoms with Crippen LogP contribution in [0.3, 0.4) is 0 Å². The van der Waals surface area contributed by atoms with Gasteiger partial charge in [0.05, 0.1) is 12.2 Å². The van der Waals surface area contributed by atoms with Crippen molar-refractivity contribution >= 4 is 11.9 Å². The smallest absolute Gasteiger partial charge is 0.329 e. The van der Waals surface area contributed by atoms with E-state index in [4.69, 9.17) is 9.47 Å². The quantitative estimate of drug-likeness (QED) is 0.534. The molecule has 0 N–H and O–H groups in total. The van der Waals surface area contributed by atoms with Crippen LogP contribution in [0.5, 0.6) is 5.75 Å². The molecule has 1 aromatic carbocycles. The Labute approximate surface area is 190 Å². The SMILES string of the molecule is CC(C)(C)OC(=O)[C@@H]1CCCN1C(=O)c1cc(C2CC2)c(OCC2CCCCC2)cc1F. The molecule has 0 aromatic heterocycles. The number of hydrogen-bond acceptors (Lipinski definition) is 4. The van der Waals surface area contributed by atoms with E-state index in [2.05, 4.69) is 0 Å². The van der Waals surface area contributed by atoms with Crippen molar-refractivity contribution < 1.29 is 23.5 Å². The Bertz CT molecular complexity index is 852. The zero-order valence-electron chi connectivity index (χ0n) is 19.6. The number of benzene rings is 1. The number of likely N-dealkylation sites (tertiary alicyclic amines) is 1. The molecule has 3 fully saturated rings. The monoisotopic (exact) mass is 445 g/mol. The van der Waals surface area contributed by atoms with E-state index in [1.54, 1.807) is 26.8 Å². The van der Waals surface area contributed by atoms with Crippen LogP contribution in [-0.4, -0.2) is 41.6 Å². The summed E-state index contributed by atoms with van der Waals surface area (Å²) in [7, 11) is 0. The number of nitrogens with zero attached hydrogens (tertiary/aromatic N) is 1. The lowest BCUT2D eigenvalue weighted by Gasteiger charge is -2.28. The topological polar surface area (TPSA) is 55.8 Å². The third-order valence-corrected chi connectivity index (χ3v) is 6.74. The van der Waals surface area contributed by atoms with Crippen LogP contribution >= 0.6 is 0 Å². The van der Waals surface area contributed by atoms with Gasteiger partial charge in [-0.3, -0.25) is 4.79 Å². The molecule has 1 saturated heterocycles. The summed E-state index contributed by atoms with van der Waals surface area (Å²) >= 11 is 0. The molecule has 0 radical (unpaired) electrons. The van der Waals surface area contributed by atoms with Crippen LogP contribution in [0.4, 0.5) is 4.39 Å². The van der Waals surface area contributed by atoms with Crippen molar-refractivity contribution in [1.29, 1.82) is 0 Å². The normalized spacial score (nSPS) is 22.1. The van der Waals surface area contributed by atoms with Crippen molar-refractivity contribution in [2.45, 2.75) is 96.1 Å². The summed E-state index contributed by atoms with van der Waals surface area (Å²) in [5, 5.41) is 0. The highest BCUT2D eigenvalue weighted by Crippen LogP contribution is 2.45. The van der Waals surface area contributed by atoms with Gasteiger partial charge in [0.2, 0.25) is 0 Å². The fraction of sp³-hybridized carbons (Fsp3) is 0.692. The third-order valence-electron chi connectivity index (χ3n) is 6.74. The van der Waals surface area contributed by atoms with Crippen molar-refractivity contribution in [3.8, 4) is 5.75 Å². The van der Waals surface area contributed by atoms with E-state index in [0.717, 1.165) is 18.4 Å². The number of esters is 1. The van der Waals surface area contributed by atoms with E-state index in [9.17, 15) is 9.59 Å². The minimum Gasteiger partial charge on any atom is -0.493 e. The highest BCUT2D eigenvalue weighted by atomic mass is 19.1. The van der Waals surface area contributed by atoms with E-state index in [1.807, 2.05) is 0 Å². The number of ether oxygens (including phenoxy) is 2. The molecule has 2 saturated carbocycles. The first-order valence-corrected chi connectivity index (χ1v) is 12.2. The second-order valence-corrected chi connectivity index (χ2v) is 10.6. The zero-order valence-corrected chi connectivity index (χ0v) is 19.6. The largest absolute Gasteiger partial charge is 0.493 e. The van der Waals surface area contributed by atoms with Gasteiger partial charge in [-0.05, 0) is 82.8 Å². The Hall–Kier alpha value is -2.11. The molecule has 4 rings (SSSR count). The molecule has 3 aliphatic rings. The molecule has 0 spiro atoms. The van der Waals surface area contributed by atoms with Gasteiger partial charge in [0.15, 0.2) is 0 Å². The van der Waals surface area contributed by atoms with Gasteiger partial charge in [-0.15, -0.1) is 0 Å². The predicted octanol–water partition coefficient (Wildman–Crippen LogP) is 5.61. The molecule has 0 unspecified atom stereocenters. The lowest BCUT2D eigenvalue weighted by atomic mass is 9.90. The lowest BCUT2D eigenvalue weighted by Crippen LogP contribution is -2.43. The molecule has 1 atom stereocenters. The molecular weight excluding hydrogens is 409 g/mol. The summed E-state index contributed by atoms with van der Waals surface area (Å²) in [5.74, 6) is 0.00316. The predicted molar refractivity (Wildman–Crippen MR) is 120 cm³/mol. The van der Waals surface area contributed by atoms with Crippen LogP contribution in [0.2, 0.25) is 0 Å². The maximum atomic E-state index is 15.1.